The molecule has 2 amide bonds. The maximum absolute atomic E-state index is 12.2. The third kappa shape index (κ3) is 36.8. The topological polar surface area (TPSA) is 282 Å². The van der Waals surface area contributed by atoms with E-state index in [9.17, 15) is 18.0 Å². The molecule has 776 valence electrons. The number of morpholine rings is 1. The number of rotatable bonds is 19. The zero-order valence-electron chi connectivity index (χ0n) is 90.9. The summed E-state index contributed by atoms with van der Waals surface area (Å²) >= 11 is 0. The molecular weight excluding hydrogens is 1800 g/mol. The van der Waals surface area contributed by atoms with Gasteiger partial charge in [-0.3, -0.25) is 59.3 Å². The van der Waals surface area contributed by atoms with E-state index in [0.717, 1.165) is 175 Å². The number of aliphatic imine (C=N–C) groups is 1. The van der Waals surface area contributed by atoms with Gasteiger partial charge in [-0.1, -0.05) is 175 Å². The molecule has 16 heterocycles. The lowest BCUT2D eigenvalue weighted by Gasteiger charge is -2.51. The molecule has 1 saturated carbocycles. The fourth-order valence-corrected chi connectivity index (χ4v) is 17.2. The first kappa shape index (κ1) is 115. The van der Waals surface area contributed by atoms with Crippen molar-refractivity contribution in [3.8, 4) is 0 Å². The van der Waals surface area contributed by atoms with Gasteiger partial charge in [0.05, 0.1) is 92.0 Å². The Morgan fingerprint density at radius 3 is 1.47 bits per heavy atom. The number of hydrogen-bond acceptors (Lipinski definition) is 25. The fourth-order valence-electron chi connectivity index (χ4n) is 16.6. The SMILES string of the molecule is CC(C)C1=NCC(C2CC2)=C1.CC(C)c1ccc(C(=O)N2CCOCC2)cn1.CC(C)c1ccc(C2C(=O)N(C)CCN2C)cc1.CC(C)c1ccc(N2CCN(C3COC3)CC2(C)C)cn1.CC(C)c1ccc(N2CCN(C3COC3)CC2)nc1.CC(C)c1ccc(S(C)(=O)=O)cn1.CC(C)c1cccc(N2CCN(C)CC2)n1.CC(C)c1ccncn1.CC(C)c1cnccn1.Cc1cc(C(C)C)n[nH]1. The van der Waals surface area contributed by atoms with Crippen molar-refractivity contribution in [3.63, 3.8) is 0 Å². The smallest absolute Gasteiger partial charge is 0.255 e. The number of pyridine rings is 5. The molecule has 7 saturated heterocycles. The molecule has 8 fully saturated rings. The second-order valence-electron chi connectivity index (χ2n) is 42.3. The van der Waals surface area contributed by atoms with Crippen LogP contribution in [0.3, 0.4) is 0 Å². The van der Waals surface area contributed by atoms with Gasteiger partial charge < -0.3 is 43.6 Å². The summed E-state index contributed by atoms with van der Waals surface area (Å²) in [5, 5.41) is 6.99. The Bertz CT molecular complexity index is 5290. The van der Waals surface area contributed by atoms with Gasteiger partial charge in [0.1, 0.15) is 24.0 Å². The van der Waals surface area contributed by atoms with Gasteiger partial charge in [-0.2, -0.15) is 5.10 Å². The van der Waals surface area contributed by atoms with Crippen LogP contribution >= 0.6 is 0 Å². The van der Waals surface area contributed by atoms with Crippen molar-refractivity contribution in [2.24, 2.45) is 16.8 Å². The molecule has 8 aliphatic heterocycles. The molecule has 18 rings (SSSR count). The second-order valence-corrected chi connectivity index (χ2v) is 44.4. The van der Waals surface area contributed by atoms with E-state index >= 15 is 0 Å². The number of ether oxygens (including phenoxy) is 3. The van der Waals surface area contributed by atoms with E-state index in [1.54, 1.807) is 55.0 Å². The maximum Gasteiger partial charge on any atom is 0.255 e. The molecule has 1 unspecified atom stereocenters. The molecular formula is C113H171N21O7S. The van der Waals surface area contributed by atoms with Crippen LogP contribution < -0.4 is 14.7 Å². The number of allylic oxidation sites excluding steroid dienone is 1. The Morgan fingerprint density at radius 2 is 1.03 bits per heavy atom. The van der Waals surface area contributed by atoms with Gasteiger partial charge in [0.25, 0.3) is 5.91 Å². The number of aromatic nitrogens is 11. The molecule has 0 spiro atoms. The number of aryl methyl sites for hydroxylation is 1. The van der Waals surface area contributed by atoms with Gasteiger partial charge in [0, 0.05) is 200 Å². The third-order valence-electron chi connectivity index (χ3n) is 26.7. The molecule has 29 heteroatoms. The number of amides is 2. The van der Waals surface area contributed by atoms with Gasteiger partial charge in [0.2, 0.25) is 5.91 Å². The minimum atomic E-state index is -3.11. The highest BCUT2D eigenvalue weighted by molar-refractivity contribution is 7.90. The summed E-state index contributed by atoms with van der Waals surface area (Å²) in [5.41, 5.74) is 17.4. The molecule has 9 aliphatic rings. The van der Waals surface area contributed by atoms with Gasteiger partial charge >= 0.3 is 0 Å². The van der Waals surface area contributed by atoms with E-state index in [1.807, 2.05) is 75.3 Å². The van der Waals surface area contributed by atoms with E-state index in [1.165, 1.54) is 59.2 Å². The summed E-state index contributed by atoms with van der Waals surface area (Å²) in [6, 6.07) is 35.9. The van der Waals surface area contributed by atoms with Crippen molar-refractivity contribution in [3.05, 3.63) is 238 Å². The molecule has 8 aromatic heterocycles. The van der Waals surface area contributed by atoms with Crippen molar-refractivity contribution in [1.82, 2.24) is 84.5 Å². The number of carbonyl (C=O) groups is 2. The Kier molecular flexibility index (Phi) is 46.2. The molecule has 1 aromatic carbocycles. The predicted octanol–water partition coefficient (Wildman–Crippen LogP) is 19.2. The molecule has 9 aromatic rings. The van der Waals surface area contributed by atoms with Crippen molar-refractivity contribution >= 4 is 44.7 Å². The number of hydrogen-bond donors (Lipinski definition) is 1. The van der Waals surface area contributed by atoms with Crippen LogP contribution in [-0.2, 0) is 28.8 Å². The zero-order chi connectivity index (χ0) is 103. The van der Waals surface area contributed by atoms with Crippen LogP contribution in [0.5, 0.6) is 0 Å². The Morgan fingerprint density at radius 1 is 0.472 bits per heavy atom. The number of aromatic amines is 1. The van der Waals surface area contributed by atoms with Crippen LogP contribution in [0.25, 0.3) is 0 Å². The first-order valence-corrected chi connectivity index (χ1v) is 53.8. The Hall–Kier alpha value is -10.2. The molecule has 28 nitrogen and oxygen atoms in total. The normalized spacial score (nSPS) is 18.0. The second kappa shape index (κ2) is 56.9. The van der Waals surface area contributed by atoms with Gasteiger partial charge in [-0.05, 0) is 208 Å². The average Bonchev–Trinajstić information content (AvgIpc) is 0.989. The number of H-pyrrole nitrogens is 1. The summed E-state index contributed by atoms with van der Waals surface area (Å²) in [7, 11) is 2.97. The third-order valence-corrected chi connectivity index (χ3v) is 27.8. The molecule has 0 radical (unpaired) electrons. The van der Waals surface area contributed by atoms with Gasteiger partial charge in [-0.25, -0.2) is 28.4 Å². The maximum atomic E-state index is 12.2. The van der Waals surface area contributed by atoms with E-state index in [0.29, 0.717) is 103 Å². The van der Waals surface area contributed by atoms with Crippen LogP contribution in [0, 0.1) is 18.8 Å². The highest BCUT2D eigenvalue weighted by Gasteiger charge is 2.40. The molecule has 1 aliphatic carbocycles. The number of piperazine rings is 4. The number of nitrogens with zero attached hydrogens (tertiary/aromatic N) is 20. The summed E-state index contributed by atoms with van der Waals surface area (Å²) in [5.74, 6) is 8.36. The van der Waals surface area contributed by atoms with Crippen LogP contribution in [0.1, 0.15) is 297 Å². The summed E-state index contributed by atoms with van der Waals surface area (Å²) in [6.45, 7) is 70.6. The highest BCUT2D eigenvalue weighted by atomic mass is 32.2. The van der Waals surface area contributed by atoms with Crippen molar-refractivity contribution in [1.29, 1.82) is 0 Å². The zero-order valence-corrected chi connectivity index (χ0v) is 91.7. The van der Waals surface area contributed by atoms with Gasteiger partial charge in [-0.15, -0.1) is 0 Å². The van der Waals surface area contributed by atoms with Crippen LogP contribution in [0.15, 0.2) is 181 Å². The van der Waals surface area contributed by atoms with E-state index in [4.69, 9.17) is 19.2 Å². The lowest BCUT2D eigenvalue weighted by Crippen LogP contribution is -2.64. The highest BCUT2D eigenvalue weighted by Crippen LogP contribution is 2.39. The lowest BCUT2D eigenvalue weighted by atomic mass is 9.96. The van der Waals surface area contributed by atoms with Crippen molar-refractivity contribution < 1.29 is 32.2 Å². The van der Waals surface area contributed by atoms with Gasteiger partial charge in [0.15, 0.2) is 9.84 Å². The van der Waals surface area contributed by atoms with Crippen molar-refractivity contribution in [2.45, 2.75) is 254 Å². The van der Waals surface area contributed by atoms with E-state index in [2.05, 4.69) is 314 Å². The molecule has 142 heavy (non-hydrogen) atoms. The first-order valence-electron chi connectivity index (χ1n) is 51.9. The van der Waals surface area contributed by atoms with Crippen molar-refractivity contribution in [2.75, 3.05) is 186 Å². The molecule has 1 atom stereocenters. The number of sulfone groups is 1. The number of nitrogens with one attached hydrogen (secondary N) is 1. The average molecular weight is 1970 g/mol. The summed E-state index contributed by atoms with van der Waals surface area (Å²) in [6.07, 6.45) is 22.0. The standard InChI is InChI=1S/C17H27N3O.C15H23N3O.C15H22N2O.C13H21N3.C13H18N2O2.C10H15N.C9H13NO2S.C7H12N2.2C7H10N2/c1-13(2)16-6-5-14(9-18-16)20-8-7-19(12-17(20,3)4)15-10-21-11-15;1-12(2)13-3-4-15(16-9-13)18-7-5-17(6-8-18)14-10-19-11-14;1-11(2)12-5-7-13(8-6-12)14-15(18)17(4)10-9-16(14)3;1-11(2)12-5-4-6-13(14-12)16-9-7-15(3)8-10-16;1-10(2)12-4-3-11(9-14-12)13(16)15-5-7-17-8-6-15;1-7(2)10-5-9(6-11-10)8-3-4-8;1-7(2)9-5-4-8(6-10-9)13(3,11)12;1-5(2)7-4-6(3)8-9-7;1-6(2)7-5-8-3-4-9-7;1-6(2)7-3-4-8-5-9-7/h5-6,9,13,15H,7-8,10-12H2,1-4H3;3-4,9,12,14H,5-8,10-11H2,1-2H3;5-8,11,14H,9-10H2,1-4H3;4-6,11H,7-10H2,1-3H3;3-4,9-10H,5-8H2,1-2H3;5,7-8H,3-4,6H2,1-2H3;4-7H,1-3H3;4-5H,1-3H3,(H,8,9);2*3-6H,1-2H3. The van der Waals surface area contributed by atoms with Crippen LogP contribution in [0.4, 0.5) is 17.3 Å². The Labute approximate surface area is 852 Å². The monoisotopic (exact) mass is 1970 g/mol. The minimum absolute atomic E-state index is 0.0520. The number of carbonyl (C=O) groups excluding carboxylic acids is 2. The lowest BCUT2D eigenvalue weighted by molar-refractivity contribution is -0.139. The summed E-state index contributed by atoms with van der Waals surface area (Å²) in [4.78, 5) is 87.9. The predicted molar refractivity (Wildman–Crippen MR) is 578 cm³/mol. The molecule has 0 bridgehead atoms. The number of anilines is 3. The Balaban J connectivity index is 0.000000178. The van der Waals surface area contributed by atoms with Crippen LogP contribution in [-0.4, -0.2) is 300 Å². The minimum Gasteiger partial charge on any atom is -0.378 e. The quantitative estimate of drug-likeness (QED) is 0.0787. The molecule has 1 N–H and O–H groups in total. The number of benzene rings is 1. The fraction of sp³-hybridized carbons (Fsp3) is 0.584. The van der Waals surface area contributed by atoms with Crippen LogP contribution in [0.2, 0.25) is 0 Å². The first-order chi connectivity index (χ1) is 67.5. The van der Waals surface area contributed by atoms with E-state index in [-0.39, 0.29) is 28.3 Å². The summed E-state index contributed by atoms with van der Waals surface area (Å²) < 4.78 is 38.0. The van der Waals surface area contributed by atoms with E-state index < -0.39 is 9.84 Å². The number of likely N-dealkylation sites (N-methyl/N-ethyl adjacent to an activating group) is 3. The largest absolute Gasteiger partial charge is 0.378 e.